The summed E-state index contributed by atoms with van der Waals surface area (Å²) in [5.74, 6) is 0.859. The Labute approximate surface area is 120 Å². The number of nitrogens with one attached hydrogen (secondary N) is 1. The molecule has 4 heteroatoms. The van der Waals surface area contributed by atoms with E-state index in [0.717, 1.165) is 30.9 Å². The van der Waals surface area contributed by atoms with E-state index >= 15 is 0 Å². The first-order valence-electron chi connectivity index (χ1n) is 7.05. The summed E-state index contributed by atoms with van der Waals surface area (Å²) in [6.45, 7) is 5.49. The van der Waals surface area contributed by atoms with Crippen molar-refractivity contribution in [1.29, 1.82) is 0 Å². The van der Waals surface area contributed by atoms with E-state index in [-0.39, 0.29) is 0 Å². The number of hydrogen-bond donors (Lipinski definition) is 1. The smallest absolute Gasteiger partial charge is 0.124 e. The minimum atomic E-state index is 0.717. The predicted molar refractivity (Wildman–Crippen MR) is 80.0 cm³/mol. The monoisotopic (exact) mass is 282 g/mol. The summed E-state index contributed by atoms with van der Waals surface area (Å²) in [5, 5.41) is 4.19. The largest absolute Gasteiger partial charge is 0.496 e. The molecule has 0 radical (unpaired) electrons. The normalized spacial score (nSPS) is 16.5. The maximum absolute atomic E-state index is 5.95. The van der Waals surface area contributed by atoms with E-state index in [2.05, 4.69) is 10.2 Å². The molecule has 0 aliphatic carbocycles. The van der Waals surface area contributed by atoms with Crippen LogP contribution in [0.3, 0.4) is 0 Å². The van der Waals surface area contributed by atoms with Crippen molar-refractivity contribution in [3.63, 3.8) is 0 Å². The zero-order chi connectivity index (χ0) is 13.5. The second-order valence-corrected chi connectivity index (χ2v) is 5.47. The van der Waals surface area contributed by atoms with Crippen LogP contribution in [0.4, 0.5) is 0 Å². The van der Waals surface area contributed by atoms with Crippen LogP contribution < -0.4 is 10.1 Å². The van der Waals surface area contributed by atoms with Gasteiger partial charge in [0.2, 0.25) is 0 Å². The lowest BCUT2D eigenvalue weighted by molar-refractivity contribution is 0.229. The molecular formula is C15H23ClN2O. The summed E-state index contributed by atoms with van der Waals surface area (Å²) in [6.07, 6.45) is 4.10. The Balaban J connectivity index is 1.73. The summed E-state index contributed by atoms with van der Waals surface area (Å²) in [6, 6.07) is 5.80. The maximum Gasteiger partial charge on any atom is 0.124 e. The molecule has 1 N–H and O–H groups in total. The van der Waals surface area contributed by atoms with Crippen LogP contribution in [-0.2, 0) is 6.54 Å². The standard InChI is InChI=1S/C15H23ClN2O/c1-19-15-11-14(16)6-5-13(15)12-17-7-10-18-8-3-2-4-9-18/h5-6,11,17H,2-4,7-10,12H2,1H3. The number of nitrogens with zero attached hydrogens (tertiary/aromatic N) is 1. The molecule has 1 aliphatic rings. The second-order valence-electron chi connectivity index (χ2n) is 5.04. The molecule has 1 aliphatic heterocycles. The molecule has 0 unspecified atom stereocenters. The molecule has 1 saturated heterocycles. The molecule has 0 atom stereocenters. The van der Waals surface area contributed by atoms with Gasteiger partial charge in [0.25, 0.3) is 0 Å². The first kappa shape index (κ1) is 14.6. The van der Waals surface area contributed by atoms with E-state index in [1.807, 2.05) is 18.2 Å². The summed E-state index contributed by atoms with van der Waals surface area (Å²) in [4.78, 5) is 2.54. The van der Waals surface area contributed by atoms with Gasteiger partial charge in [-0.3, -0.25) is 0 Å². The van der Waals surface area contributed by atoms with Crippen LogP contribution in [0.5, 0.6) is 5.75 Å². The van der Waals surface area contributed by atoms with E-state index in [9.17, 15) is 0 Å². The van der Waals surface area contributed by atoms with Gasteiger partial charge in [0.1, 0.15) is 5.75 Å². The highest BCUT2D eigenvalue weighted by atomic mass is 35.5. The summed E-state index contributed by atoms with van der Waals surface area (Å²) in [5.41, 5.74) is 1.16. The van der Waals surface area contributed by atoms with Crippen molar-refractivity contribution in [2.75, 3.05) is 33.3 Å². The molecule has 1 fully saturated rings. The third-order valence-electron chi connectivity index (χ3n) is 3.62. The number of rotatable bonds is 6. The van der Waals surface area contributed by atoms with Gasteiger partial charge < -0.3 is 15.0 Å². The number of piperidine rings is 1. The number of ether oxygens (including phenoxy) is 1. The lowest BCUT2D eigenvalue weighted by atomic mass is 10.1. The zero-order valence-corrected chi connectivity index (χ0v) is 12.4. The Morgan fingerprint density at radius 1 is 1.26 bits per heavy atom. The first-order chi connectivity index (χ1) is 9.29. The van der Waals surface area contributed by atoms with Crippen LogP contribution >= 0.6 is 11.6 Å². The molecule has 0 saturated carbocycles. The minimum Gasteiger partial charge on any atom is -0.496 e. The molecule has 1 aromatic carbocycles. The summed E-state index contributed by atoms with van der Waals surface area (Å²) < 4.78 is 5.34. The van der Waals surface area contributed by atoms with Gasteiger partial charge in [0.05, 0.1) is 7.11 Å². The highest BCUT2D eigenvalue weighted by molar-refractivity contribution is 6.30. The number of methoxy groups -OCH3 is 1. The number of halogens is 1. The predicted octanol–water partition coefficient (Wildman–Crippen LogP) is 2.92. The zero-order valence-electron chi connectivity index (χ0n) is 11.6. The fourth-order valence-corrected chi connectivity index (χ4v) is 2.67. The fraction of sp³-hybridized carbons (Fsp3) is 0.600. The Morgan fingerprint density at radius 2 is 2.05 bits per heavy atom. The molecule has 0 bridgehead atoms. The lowest BCUT2D eigenvalue weighted by Crippen LogP contribution is -2.35. The molecule has 0 amide bonds. The van der Waals surface area contributed by atoms with Gasteiger partial charge in [-0.05, 0) is 38.1 Å². The average molecular weight is 283 g/mol. The van der Waals surface area contributed by atoms with Crippen molar-refractivity contribution in [3.05, 3.63) is 28.8 Å². The van der Waals surface area contributed by atoms with Crippen molar-refractivity contribution in [3.8, 4) is 5.75 Å². The average Bonchev–Trinajstić information content (AvgIpc) is 2.46. The van der Waals surface area contributed by atoms with Crippen LogP contribution in [-0.4, -0.2) is 38.2 Å². The third-order valence-corrected chi connectivity index (χ3v) is 3.85. The summed E-state index contributed by atoms with van der Waals surface area (Å²) in [7, 11) is 1.68. The van der Waals surface area contributed by atoms with Crippen LogP contribution in [0.2, 0.25) is 5.02 Å². The Kier molecular flexibility index (Phi) is 5.95. The van der Waals surface area contributed by atoms with E-state index in [1.165, 1.54) is 32.4 Å². The van der Waals surface area contributed by atoms with Crippen molar-refractivity contribution >= 4 is 11.6 Å². The van der Waals surface area contributed by atoms with Gasteiger partial charge in [0.15, 0.2) is 0 Å². The van der Waals surface area contributed by atoms with E-state index in [0.29, 0.717) is 5.02 Å². The van der Waals surface area contributed by atoms with Gasteiger partial charge >= 0.3 is 0 Å². The summed E-state index contributed by atoms with van der Waals surface area (Å²) >= 11 is 5.95. The van der Waals surface area contributed by atoms with E-state index in [1.54, 1.807) is 7.11 Å². The molecular weight excluding hydrogens is 260 g/mol. The molecule has 1 heterocycles. The van der Waals surface area contributed by atoms with Gasteiger partial charge in [-0.15, -0.1) is 0 Å². The Bertz CT molecular complexity index is 392. The van der Waals surface area contributed by atoms with Gasteiger partial charge in [-0.1, -0.05) is 24.1 Å². The Hall–Kier alpha value is -0.770. The van der Waals surface area contributed by atoms with Crippen molar-refractivity contribution in [1.82, 2.24) is 10.2 Å². The maximum atomic E-state index is 5.95. The number of likely N-dealkylation sites (tertiary alicyclic amines) is 1. The van der Waals surface area contributed by atoms with Crippen LogP contribution in [0.1, 0.15) is 24.8 Å². The fourth-order valence-electron chi connectivity index (χ4n) is 2.51. The topological polar surface area (TPSA) is 24.5 Å². The van der Waals surface area contributed by atoms with Crippen LogP contribution in [0.25, 0.3) is 0 Å². The van der Waals surface area contributed by atoms with Crippen molar-refractivity contribution in [2.45, 2.75) is 25.8 Å². The third kappa shape index (κ3) is 4.68. The molecule has 0 aromatic heterocycles. The first-order valence-corrected chi connectivity index (χ1v) is 7.43. The van der Waals surface area contributed by atoms with Gasteiger partial charge in [-0.2, -0.15) is 0 Å². The van der Waals surface area contributed by atoms with E-state index in [4.69, 9.17) is 16.3 Å². The highest BCUT2D eigenvalue weighted by Crippen LogP contribution is 2.22. The molecule has 106 valence electrons. The highest BCUT2D eigenvalue weighted by Gasteiger charge is 2.09. The number of benzene rings is 1. The minimum absolute atomic E-state index is 0.717. The Morgan fingerprint density at radius 3 is 2.79 bits per heavy atom. The number of hydrogen-bond acceptors (Lipinski definition) is 3. The van der Waals surface area contributed by atoms with Gasteiger partial charge in [0, 0.05) is 30.2 Å². The molecule has 19 heavy (non-hydrogen) atoms. The quantitative estimate of drug-likeness (QED) is 0.812. The second kappa shape index (κ2) is 7.73. The van der Waals surface area contributed by atoms with E-state index < -0.39 is 0 Å². The molecule has 0 spiro atoms. The van der Waals surface area contributed by atoms with Gasteiger partial charge in [-0.25, -0.2) is 0 Å². The molecule has 3 nitrogen and oxygen atoms in total. The SMILES string of the molecule is COc1cc(Cl)ccc1CNCCN1CCCCC1. The van der Waals surface area contributed by atoms with Crippen LogP contribution in [0.15, 0.2) is 18.2 Å². The van der Waals surface area contributed by atoms with Crippen LogP contribution in [0, 0.1) is 0 Å². The molecule has 2 rings (SSSR count). The van der Waals surface area contributed by atoms with Crippen molar-refractivity contribution < 1.29 is 4.74 Å². The lowest BCUT2D eigenvalue weighted by Gasteiger charge is -2.26. The molecule has 1 aromatic rings. The van der Waals surface area contributed by atoms with Crippen molar-refractivity contribution in [2.24, 2.45) is 0 Å².